The first-order chi connectivity index (χ1) is 8.11. The minimum Gasteiger partial charge on any atom is -0.419 e. The number of rotatable bonds is 9. The van der Waals surface area contributed by atoms with Gasteiger partial charge in [0.05, 0.1) is 12.3 Å². The van der Waals surface area contributed by atoms with E-state index in [1.165, 1.54) is 0 Å². The van der Waals surface area contributed by atoms with Gasteiger partial charge in [0.15, 0.2) is 0 Å². The van der Waals surface area contributed by atoms with Gasteiger partial charge in [0.1, 0.15) is 0 Å². The Labute approximate surface area is 102 Å². The number of nitrogens with two attached hydrogens (primary N) is 1. The van der Waals surface area contributed by atoms with Crippen LogP contribution in [0, 0.1) is 0 Å². The summed E-state index contributed by atoms with van der Waals surface area (Å²) in [4.78, 5) is 21.9. The summed E-state index contributed by atoms with van der Waals surface area (Å²) in [6, 6.07) is -0.292. The number of amides is 2. The molecule has 98 valence electrons. The topological polar surface area (TPSA) is 93.4 Å². The highest BCUT2D eigenvalue weighted by Gasteiger charge is 2.12. The van der Waals surface area contributed by atoms with Crippen LogP contribution in [0.25, 0.3) is 0 Å². The van der Waals surface area contributed by atoms with Gasteiger partial charge < -0.3 is 21.1 Å². The van der Waals surface area contributed by atoms with Crippen molar-refractivity contribution in [3.8, 4) is 0 Å². The minimum absolute atomic E-state index is 0.292. The summed E-state index contributed by atoms with van der Waals surface area (Å²) < 4.78 is 4.47. The summed E-state index contributed by atoms with van der Waals surface area (Å²) in [5, 5.41) is 5.55. The fourth-order valence-corrected chi connectivity index (χ4v) is 1.37. The Balaban J connectivity index is 3.58. The van der Waals surface area contributed by atoms with Crippen LogP contribution in [0.3, 0.4) is 0 Å². The fourth-order valence-electron chi connectivity index (χ4n) is 1.37. The van der Waals surface area contributed by atoms with E-state index < -0.39 is 6.09 Å². The van der Waals surface area contributed by atoms with E-state index in [9.17, 15) is 9.59 Å². The third-order valence-corrected chi connectivity index (χ3v) is 2.17. The van der Waals surface area contributed by atoms with Crippen LogP contribution >= 0.6 is 0 Å². The summed E-state index contributed by atoms with van der Waals surface area (Å²) in [5.74, 6) is -0.342. The maximum absolute atomic E-state index is 11.0. The lowest BCUT2D eigenvalue weighted by Crippen LogP contribution is -2.41. The molecule has 4 N–H and O–H groups in total. The second-order valence-corrected chi connectivity index (χ2v) is 3.51. The molecule has 0 aromatic rings. The second kappa shape index (κ2) is 9.65. The van der Waals surface area contributed by atoms with Crippen molar-refractivity contribution < 1.29 is 14.3 Å². The van der Waals surface area contributed by atoms with Gasteiger partial charge in [-0.1, -0.05) is 13.5 Å². The number of hydrogen-bond acceptors (Lipinski definition) is 4. The van der Waals surface area contributed by atoms with Crippen LogP contribution in [0.1, 0.15) is 26.2 Å². The number of unbranched alkanes of at least 4 members (excludes halogenated alkanes) is 1. The van der Waals surface area contributed by atoms with Crippen LogP contribution < -0.4 is 16.4 Å². The Bertz CT molecular complexity index is 256. The third kappa shape index (κ3) is 8.27. The molecule has 6 nitrogen and oxygen atoms in total. The van der Waals surface area contributed by atoms with Crippen LogP contribution in [0.4, 0.5) is 4.79 Å². The lowest BCUT2D eigenvalue weighted by molar-refractivity contribution is -0.120. The number of ether oxygens (including phenoxy) is 1. The molecule has 0 heterocycles. The standard InChI is InChI=1S/C11H21N3O3/c1-3-13-9(10(12)15)7-5-6-8-14-11(16)17-4-2/h4,9,13H,2-3,5-8H2,1H3,(H2,12,15)(H,14,16). The first kappa shape index (κ1) is 15.4. The van der Waals surface area contributed by atoms with Crippen molar-refractivity contribution in [1.82, 2.24) is 10.6 Å². The van der Waals surface area contributed by atoms with Crippen LogP contribution in [0.2, 0.25) is 0 Å². The smallest absolute Gasteiger partial charge is 0.411 e. The Hall–Kier alpha value is -1.56. The molecule has 1 unspecified atom stereocenters. The molecular weight excluding hydrogens is 222 g/mol. The van der Waals surface area contributed by atoms with Gasteiger partial charge in [-0.2, -0.15) is 0 Å². The molecule has 6 heteroatoms. The summed E-state index contributed by atoms with van der Waals surface area (Å²) in [6.45, 7) is 6.39. The van der Waals surface area contributed by atoms with Gasteiger partial charge in [-0.25, -0.2) is 4.79 Å². The fraction of sp³-hybridized carbons (Fsp3) is 0.636. The average Bonchev–Trinajstić information content (AvgIpc) is 2.27. The molecule has 0 aliphatic heterocycles. The van der Waals surface area contributed by atoms with Crippen molar-refractivity contribution in [1.29, 1.82) is 0 Å². The molecule has 2 amide bonds. The van der Waals surface area contributed by atoms with Gasteiger partial charge >= 0.3 is 6.09 Å². The molecule has 0 saturated heterocycles. The zero-order valence-electron chi connectivity index (χ0n) is 10.2. The van der Waals surface area contributed by atoms with Gasteiger partial charge in [-0.15, -0.1) is 0 Å². The Kier molecular flexibility index (Phi) is 8.77. The van der Waals surface area contributed by atoms with Crippen LogP contribution in [0.15, 0.2) is 12.8 Å². The van der Waals surface area contributed by atoms with Crippen LogP contribution in [-0.2, 0) is 9.53 Å². The van der Waals surface area contributed by atoms with Crippen molar-refractivity contribution in [2.24, 2.45) is 5.73 Å². The SMILES string of the molecule is C=COC(=O)NCCCCC(NCC)C(N)=O. The van der Waals surface area contributed by atoms with E-state index >= 15 is 0 Å². The molecule has 0 fully saturated rings. The lowest BCUT2D eigenvalue weighted by Gasteiger charge is -2.13. The van der Waals surface area contributed by atoms with E-state index in [0.717, 1.165) is 19.1 Å². The van der Waals surface area contributed by atoms with Gasteiger partial charge in [0.25, 0.3) is 0 Å². The van der Waals surface area contributed by atoms with Gasteiger partial charge in [0.2, 0.25) is 5.91 Å². The molecule has 0 saturated carbocycles. The van der Waals surface area contributed by atoms with E-state index in [4.69, 9.17) is 5.73 Å². The quantitative estimate of drug-likeness (QED) is 0.406. The van der Waals surface area contributed by atoms with E-state index in [1.54, 1.807) is 0 Å². The molecule has 0 radical (unpaired) electrons. The van der Waals surface area contributed by atoms with Crippen molar-refractivity contribution in [3.63, 3.8) is 0 Å². The van der Waals surface area contributed by atoms with Gasteiger partial charge in [-0.05, 0) is 25.8 Å². The molecule has 0 bridgehead atoms. The Morgan fingerprint density at radius 2 is 2.18 bits per heavy atom. The third-order valence-electron chi connectivity index (χ3n) is 2.17. The molecule has 0 spiro atoms. The van der Waals surface area contributed by atoms with Crippen molar-refractivity contribution >= 4 is 12.0 Å². The largest absolute Gasteiger partial charge is 0.419 e. The molecule has 0 aromatic heterocycles. The predicted molar refractivity (Wildman–Crippen MR) is 65.2 cm³/mol. The number of nitrogens with one attached hydrogen (secondary N) is 2. The summed E-state index contributed by atoms with van der Waals surface area (Å²) in [7, 11) is 0. The molecule has 0 aliphatic carbocycles. The highest BCUT2D eigenvalue weighted by Crippen LogP contribution is 2.00. The number of hydrogen-bond donors (Lipinski definition) is 3. The molecular formula is C11H21N3O3. The van der Waals surface area contributed by atoms with Crippen molar-refractivity contribution in [2.75, 3.05) is 13.1 Å². The highest BCUT2D eigenvalue weighted by molar-refractivity contribution is 5.79. The maximum atomic E-state index is 11.0. The second-order valence-electron chi connectivity index (χ2n) is 3.51. The molecule has 1 atom stereocenters. The minimum atomic E-state index is -0.516. The van der Waals surface area contributed by atoms with E-state index in [0.29, 0.717) is 19.5 Å². The summed E-state index contributed by atoms with van der Waals surface area (Å²) in [5.41, 5.74) is 5.22. The molecule has 0 rings (SSSR count). The van der Waals surface area contributed by atoms with Crippen molar-refractivity contribution in [3.05, 3.63) is 12.8 Å². The zero-order chi connectivity index (χ0) is 13.1. The summed E-state index contributed by atoms with van der Waals surface area (Å²) >= 11 is 0. The Morgan fingerprint density at radius 1 is 1.47 bits per heavy atom. The summed E-state index contributed by atoms with van der Waals surface area (Å²) in [6.07, 6.45) is 2.79. The van der Waals surface area contributed by atoms with E-state index in [-0.39, 0.29) is 11.9 Å². The predicted octanol–water partition coefficient (Wildman–Crippen LogP) is 0.490. The maximum Gasteiger partial charge on any atom is 0.411 e. The van der Waals surface area contributed by atoms with E-state index in [1.807, 2.05) is 6.92 Å². The highest BCUT2D eigenvalue weighted by atomic mass is 16.5. The molecule has 0 aromatic carbocycles. The Morgan fingerprint density at radius 3 is 2.71 bits per heavy atom. The molecule has 17 heavy (non-hydrogen) atoms. The molecule has 0 aliphatic rings. The van der Waals surface area contributed by atoms with Crippen molar-refractivity contribution in [2.45, 2.75) is 32.2 Å². The number of likely N-dealkylation sites (N-methyl/N-ethyl adjacent to an activating group) is 1. The lowest BCUT2D eigenvalue weighted by atomic mass is 10.1. The monoisotopic (exact) mass is 243 g/mol. The van der Waals surface area contributed by atoms with E-state index in [2.05, 4.69) is 21.9 Å². The van der Waals surface area contributed by atoms with Gasteiger partial charge in [-0.3, -0.25) is 4.79 Å². The zero-order valence-corrected chi connectivity index (χ0v) is 10.2. The number of carbonyl (C=O) groups excluding carboxylic acids is 2. The number of primary amides is 1. The normalized spacial score (nSPS) is 11.6. The number of alkyl carbamates (subject to hydrolysis) is 1. The van der Waals surface area contributed by atoms with Gasteiger partial charge in [0, 0.05) is 6.54 Å². The average molecular weight is 243 g/mol. The first-order valence-electron chi connectivity index (χ1n) is 5.69. The van der Waals surface area contributed by atoms with Crippen LogP contribution in [0.5, 0.6) is 0 Å². The number of carbonyl (C=O) groups is 2. The van der Waals surface area contributed by atoms with Crippen LogP contribution in [-0.4, -0.2) is 31.1 Å². The first-order valence-corrected chi connectivity index (χ1v) is 5.69.